The molecule has 0 aromatic heterocycles. The Labute approximate surface area is 296 Å². The Morgan fingerprint density at radius 2 is 1.06 bits per heavy atom. The molecular weight excluding hydrogens is 644 g/mol. The summed E-state index contributed by atoms with van der Waals surface area (Å²) >= 11 is 0. The number of carboxylic acids is 2. The predicted octanol–water partition coefficient (Wildman–Crippen LogP) is 3.16. The zero-order valence-corrected chi connectivity index (χ0v) is 28.7. The van der Waals surface area contributed by atoms with Crippen LogP contribution in [0.25, 0.3) is 0 Å². The van der Waals surface area contributed by atoms with Gasteiger partial charge in [0.05, 0.1) is 49.8 Å². The second kappa shape index (κ2) is 22.5. The standard InChI is InChI=1S/C17H32O7.C16H30O7.2CH4/c1-10(2)7-5-6-8-23-17(16(21)22)9-13(19)11(3)15(24-17)14(20)12(4)18;1-9(2)6-5-7-22-16(15(20)21)8-12(18)10(3)14(23-16)13(19)11(4)17;;/h10-15,18-20H,5-9H2,1-4H3,(H,21,22);9-14,17-19H,5-8H2,1-4H3,(H,20,21);2*1H4/i2*4D;;. The number of hydrogen-bond donors (Lipinski definition) is 8. The SMILES string of the molecule is C.C.[2H]CC(O)C(O)C1OC(OCCCC(C)C)(C(=O)O)CC(O)C1C.[2H]CC(O)C(O)C1OC(OCCCCC(C)C)(C(=O)O)CC(O)C1C. The van der Waals surface area contributed by atoms with Crippen LogP contribution in [0.1, 0.15) is 118 Å². The summed E-state index contributed by atoms with van der Waals surface area (Å²) in [5.74, 6) is -7.08. The Kier molecular flexibility index (Phi) is 20.9. The molecule has 14 nitrogen and oxygen atoms in total. The van der Waals surface area contributed by atoms with Gasteiger partial charge < -0.3 is 59.8 Å². The first-order valence-electron chi connectivity index (χ1n) is 18.0. The van der Waals surface area contributed by atoms with Crippen LogP contribution in [0.15, 0.2) is 0 Å². The highest BCUT2D eigenvalue weighted by molar-refractivity contribution is 5.76. The van der Waals surface area contributed by atoms with Gasteiger partial charge in [-0.15, -0.1) is 0 Å². The summed E-state index contributed by atoms with van der Waals surface area (Å²) in [6, 6.07) is 0. The molecular formula is C35H70O14. The molecule has 0 spiro atoms. The fraction of sp³-hybridized carbons (Fsp3) is 0.943. The Hall–Kier alpha value is -1.46. The van der Waals surface area contributed by atoms with Gasteiger partial charge in [0, 0.05) is 27.4 Å². The van der Waals surface area contributed by atoms with Crippen LogP contribution >= 0.6 is 0 Å². The minimum atomic E-state index is -2.06. The van der Waals surface area contributed by atoms with E-state index in [2.05, 4.69) is 13.8 Å². The molecule has 2 fully saturated rings. The van der Waals surface area contributed by atoms with Gasteiger partial charge >= 0.3 is 11.9 Å². The van der Waals surface area contributed by atoms with Gasteiger partial charge in [0.1, 0.15) is 12.2 Å². The van der Waals surface area contributed by atoms with E-state index in [1.54, 1.807) is 13.8 Å². The van der Waals surface area contributed by atoms with Crippen LogP contribution in [0.5, 0.6) is 0 Å². The molecule has 0 bridgehead atoms. The van der Waals surface area contributed by atoms with Crippen molar-refractivity contribution in [2.24, 2.45) is 23.7 Å². The van der Waals surface area contributed by atoms with Crippen LogP contribution in [0, 0.1) is 23.7 Å². The molecule has 14 heteroatoms. The van der Waals surface area contributed by atoms with Gasteiger partial charge in [0.2, 0.25) is 0 Å². The van der Waals surface area contributed by atoms with E-state index in [9.17, 15) is 50.4 Å². The molecule has 0 amide bonds. The van der Waals surface area contributed by atoms with E-state index in [0.29, 0.717) is 24.7 Å². The summed E-state index contributed by atoms with van der Waals surface area (Å²) in [7, 11) is 0. The minimum absolute atomic E-state index is 0. The summed E-state index contributed by atoms with van der Waals surface area (Å²) in [6.07, 6.45) is -6.65. The van der Waals surface area contributed by atoms with E-state index < -0.39 is 98.0 Å². The third-order valence-corrected chi connectivity index (χ3v) is 8.74. The summed E-state index contributed by atoms with van der Waals surface area (Å²) < 4.78 is 36.4. The van der Waals surface area contributed by atoms with Crippen molar-refractivity contribution in [1.29, 1.82) is 0 Å². The smallest absolute Gasteiger partial charge is 0.364 e. The van der Waals surface area contributed by atoms with Crippen molar-refractivity contribution in [2.75, 3.05) is 13.2 Å². The number of unbranched alkanes of at least 4 members (excludes halogenated alkanes) is 1. The first-order valence-corrected chi connectivity index (χ1v) is 16.6. The highest BCUT2D eigenvalue weighted by Crippen LogP contribution is 2.38. The molecule has 12 atom stereocenters. The van der Waals surface area contributed by atoms with Gasteiger partial charge in [-0.3, -0.25) is 0 Å². The van der Waals surface area contributed by atoms with E-state index in [1.165, 1.54) is 0 Å². The molecule has 2 saturated heterocycles. The Morgan fingerprint density at radius 1 is 0.714 bits per heavy atom. The maximum atomic E-state index is 11.8. The molecule has 12 unspecified atom stereocenters. The lowest BCUT2D eigenvalue weighted by molar-refractivity contribution is -0.317. The third kappa shape index (κ3) is 14.6. The topological polar surface area (TPSA) is 233 Å². The average Bonchev–Trinajstić information content (AvgIpc) is 3.04. The Balaban J connectivity index is 0. The van der Waals surface area contributed by atoms with Gasteiger partial charge in [0.15, 0.2) is 0 Å². The minimum Gasteiger partial charge on any atom is -0.477 e. The number of aliphatic carboxylic acids is 2. The van der Waals surface area contributed by atoms with Crippen LogP contribution in [-0.4, -0.2) is 126 Å². The normalized spacial score (nSPS) is 33.0. The molecule has 2 aliphatic rings. The number of aliphatic hydroxyl groups excluding tert-OH is 6. The van der Waals surface area contributed by atoms with Crippen molar-refractivity contribution in [2.45, 2.75) is 176 Å². The molecule has 0 saturated carbocycles. The Bertz CT molecular complexity index is 977. The summed E-state index contributed by atoms with van der Waals surface area (Å²) in [5, 5.41) is 79.3. The fourth-order valence-electron chi connectivity index (χ4n) is 5.52. The van der Waals surface area contributed by atoms with Gasteiger partial charge in [-0.2, -0.15) is 0 Å². The number of rotatable bonds is 17. The van der Waals surface area contributed by atoms with Gasteiger partial charge in [-0.1, -0.05) is 69.2 Å². The molecule has 8 N–H and O–H groups in total. The molecule has 0 aliphatic carbocycles. The molecule has 49 heavy (non-hydrogen) atoms. The number of aliphatic hydroxyl groups is 6. The quantitative estimate of drug-likeness (QED) is 0.101. The number of carboxylic acid groups (broad SMARTS) is 2. The van der Waals surface area contributed by atoms with Gasteiger partial charge in [0.25, 0.3) is 11.6 Å². The molecule has 0 radical (unpaired) electrons. The van der Waals surface area contributed by atoms with E-state index in [0.717, 1.165) is 19.3 Å². The molecule has 2 aliphatic heterocycles. The van der Waals surface area contributed by atoms with Crippen molar-refractivity contribution in [3.05, 3.63) is 0 Å². The molecule has 294 valence electrons. The van der Waals surface area contributed by atoms with E-state index in [4.69, 9.17) is 21.7 Å². The maximum absolute atomic E-state index is 11.8. The summed E-state index contributed by atoms with van der Waals surface area (Å²) in [6.45, 7) is 10.9. The van der Waals surface area contributed by atoms with Crippen molar-refractivity contribution < 1.29 is 72.1 Å². The highest BCUT2D eigenvalue weighted by atomic mass is 16.7. The van der Waals surface area contributed by atoms with E-state index in [-0.39, 0.29) is 40.9 Å². The lowest BCUT2D eigenvalue weighted by Crippen LogP contribution is -2.60. The van der Waals surface area contributed by atoms with Gasteiger partial charge in [-0.05, 0) is 44.9 Å². The lowest BCUT2D eigenvalue weighted by Gasteiger charge is -2.45. The van der Waals surface area contributed by atoms with Crippen molar-refractivity contribution in [1.82, 2.24) is 0 Å². The largest absolute Gasteiger partial charge is 0.477 e. The molecule has 0 aromatic rings. The van der Waals surface area contributed by atoms with Crippen LogP contribution < -0.4 is 0 Å². The molecule has 0 aromatic carbocycles. The average molecular weight is 717 g/mol. The van der Waals surface area contributed by atoms with Gasteiger partial charge in [-0.25, -0.2) is 9.59 Å². The lowest BCUT2D eigenvalue weighted by atomic mass is 9.85. The highest BCUT2D eigenvalue weighted by Gasteiger charge is 2.55. The number of ether oxygens (including phenoxy) is 4. The summed E-state index contributed by atoms with van der Waals surface area (Å²) in [5.41, 5.74) is 0. The first kappa shape index (κ1) is 45.6. The van der Waals surface area contributed by atoms with Crippen molar-refractivity contribution in [3.63, 3.8) is 0 Å². The monoisotopic (exact) mass is 716 g/mol. The van der Waals surface area contributed by atoms with Crippen LogP contribution in [-0.2, 0) is 28.5 Å². The van der Waals surface area contributed by atoms with Crippen LogP contribution in [0.2, 0.25) is 0 Å². The summed E-state index contributed by atoms with van der Waals surface area (Å²) in [4.78, 5) is 23.5. The molecule has 2 heterocycles. The second-order valence-corrected chi connectivity index (χ2v) is 13.8. The maximum Gasteiger partial charge on any atom is 0.364 e. The van der Waals surface area contributed by atoms with E-state index in [1.807, 2.05) is 13.8 Å². The van der Waals surface area contributed by atoms with Crippen molar-refractivity contribution >= 4 is 11.9 Å². The first-order chi connectivity index (χ1) is 22.8. The van der Waals surface area contributed by atoms with Crippen molar-refractivity contribution in [3.8, 4) is 0 Å². The zero-order valence-electron chi connectivity index (χ0n) is 30.7. The zero-order chi connectivity index (χ0) is 37.7. The third-order valence-electron chi connectivity index (χ3n) is 8.74. The second-order valence-electron chi connectivity index (χ2n) is 13.8. The van der Waals surface area contributed by atoms with Crippen LogP contribution in [0.4, 0.5) is 0 Å². The van der Waals surface area contributed by atoms with Crippen LogP contribution in [0.3, 0.4) is 0 Å². The number of hydrogen-bond acceptors (Lipinski definition) is 12. The molecule has 2 rings (SSSR count). The Morgan fingerprint density at radius 3 is 1.39 bits per heavy atom. The number of carbonyl (C=O) groups is 2. The van der Waals surface area contributed by atoms with E-state index >= 15 is 0 Å². The predicted molar refractivity (Wildman–Crippen MR) is 184 cm³/mol. The fourth-order valence-corrected chi connectivity index (χ4v) is 5.52.